The van der Waals surface area contributed by atoms with Gasteiger partial charge in [0, 0.05) is 42.2 Å². The van der Waals surface area contributed by atoms with Crippen LogP contribution in [0.1, 0.15) is 184 Å². The van der Waals surface area contributed by atoms with E-state index in [9.17, 15) is 4.79 Å². The summed E-state index contributed by atoms with van der Waals surface area (Å²) in [5, 5.41) is 3.31. The highest BCUT2D eigenvalue weighted by atomic mass is 31.2. The minimum Gasteiger partial charge on any atom is -0.343 e. The van der Waals surface area contributed by atoms with Gasteiger partial charge >= 0.3 is 0 Å². The number of hydrogen-bond donors (Lipinski definition) is 0. The number of rotatable bonds is 6. The highest BCUT2D eigenvalue weighted by Gasteiger charge is 2.42. The summed E-state index contributed by atoms with van der Waals surface area (Å²) in [5.41, 5.74) is 9.36. The molecule has 2 aromatic carbocycles. The fraction of sp³-hybridized carbons (Fsp3) is 0.717. The van der Waals surface area contributed by atoms with Gasteiger partial charge in [-0.25, -0.2) is 0 Å². The summed E-state index contributed by atoms with van der Waals surface area (Å²) in [6, 6.07) is 10.4. The average molecular weight is 735 g/mol. The van der Waals surface area contributed by atoms with Gasteiger partial charge in [-0.05, 0) is 108 Å². The lowest BCUT2D eigenvalue weighted by Crippen LogP contribution is -2.41. The molecule has 1 amide bonds. The third kappa shape index (κ3) is 9.70. The van der Waals surface area contributed by atoms with Crippen LogP contribution in [0.5, 0.6) is 0 Å². The van der Waals surface area contributed by atoms with Crippen molar-refractivity contribution in [3.05, 3.63) is 57.6 Å². The lowest BCUT2D eigenvalue weighted by Gasteiger charge is -2.48. The molecule has 0 N–H and O–H groups in total. The van der Waals surface area contributed by atoms with Crippen molar-refractivity contribution in [1.82, 2.24) is 9.34 Å². The number of benzene rings is 2. The van der Waals surface area contributed by atoms with Gasteiger partial charge in [-0.15, -0.1) is 0 Å². The van der Waals surface area contributed by atoms with Gasteiger partial charge in [-0.1, -0.05) is 149 Å². The topological polar surface area (TPSA) is 23.6 Å². The molecule has 0 aromatic heterocycles. The smallest absolute Gasteiger partial charge is 0.222 e. The number of likely N-dealkylation sites (tertiary alicyclic amines) is 1. The van der Waals surface area contributed by atoms with Crippen LogP contribution in [-0.4, -0.2) is 47.2 Å². The molecule has 51 heavy (non-hydrogen) atoms. The van der Waals surface area contributed by atoms with Crippen LogP contribution in [0.3, 0.4) is 0 Å². The van der Waals surface area contributed by atoms with Gasteiger partial charge in [-0.2, -0.15) is 0 Å². The minimum atomic E-state index is -0.614. The molecule has 0 bridgehead atoms. The van der Waals surface area contributed by atoms with Gasteiger partial charge < -0.3 is 4.90 Å². The Labute approximate surface area is 318 Å². The zero-order chi connectivity index (χ0) is 38.7. The fourth-order valence-electron chi connectivity index (χ4n) is 7.75. The summed E-state index contributed by atoms with van der Waals surface area (Å²) in [5.74, 6) is 0.351. The van der Waals surface area contributed by atoms with Crippen LogP contribution in [0.2, 0.25) is 0 Å². The molecule has 0 aliphatic carbocycles. The lowest BCUT2D eigenvalue weighted by atomic mass is 9.75. The van der Waals surface area contributed by atoms with Crippen molar-refractivity contribution >= 4 is 32.7 Å². The molecular formula is C46H76N2OP2. The first-order chi connectivity index (χ1) is 23.0. The van der Waals surface area contributed by atoms with Crippen LogP contribution in [-0.2, 0) is 37.3 Å². The average Bonchev–Trinajstić information content (AvgIpc) is 3.37. The number of hydrogen-bond acceptors (Lipinski definition) is 2. The Balaban J connectivity index is 2.06. The molecule has 2 aliphatic heterocycles. The van der Waals surface area contributed by atoms with Gasteiger partial charge in [0.05, 0.1) is 0 Å². The standard InChI is InChI=1S/C46H76N2OP2/c1-41(2,3)32-28-34(43(7,8)9)39(35(29-32)44(10,11)12)50-26-21-27-51(48(50)25-20-24-47-23-19-22-38(47)49)40-36(45(13,14)15)30-33(42(4,5)6)31-37(40)46(16,17)18/h28-31H,19-27H2,1-18H3/t50-,51-/m0/s1. The van der Waals surface area contributed by atoms with Crippen LogP contribution in [0, 0.1) is 0 Å². The Bertz CT molecular complexity index is 1390. The molecule has 0 saturated carbocycles. The summed E-state index contributed by atoms with van der Waals surface area (Å²) in [4.78, 5) is 14.9. The zero-order valence-electron chi connectivity index (χ0n) is 36.4. The molecule has 0 spiro atoms. The fourth-order valence-corrected chi connectivity index (χ4v) is 15.9. The quantitative estimate of drug-likeness (QED) is 0.276. The summed E-state index contributed by atoms with van der Waals surface area (Å²) in [7, 11) is -1.23. The van der Waals surface area contributed by atoms with Crippen LogP contribution in [0.15, 0.2) is 24.3 Å². The molecule has 4 rings (SSSR count). The van der Waals surface area contributed by atoms with E-state index in [1.807, 2.05) is 0 Å². The van der Waals surface area contributed by atoms with E-state index in [-0.39, 0.29) is 32.5 Å². The summed E-state index contributed by atoms with van der Waals surface area (Å²) >= 11 is 0. The van der Waals surface area contributed by atoms with Gasteiger partial charge in [-0.3, -0.25) is 9.24 Å². The van der Waals surface area contributed by atoms with E-state index in [0.29, 0.717) is 5.91 Å². The second kappa shape index (κ2) is 14.8. The molecule has 2 atom stereocenters. The molecule has 0 radical (unpaired) electrons. The number of amides is 1. The monoisotopic (exact) mass is 735 g/mol. The van der Waals surface area contributed by atoms with Crippen molar-refractivity contribution in [1.29, 1.82) is 0 Å². The van der Waals surface area contributed by atoms with Crippen LogP contribution in [0.4, 0.5) is 0 Å². The van der Waals surface area contributed by atoms with Gasteiger partial charge in [0.15, 0.2) is 0 Å². The van der Waals surface area contributed by atoms with E-state index < -0.39 is 16.1 Å². The molecule has 2 aromatic rings. The van der Waals surface area contributed by atoms with Crippen molar-refractivity contribution in [3.8, 4) is 0 Å². The Kier molecular flexibility index (Phi) is 12.3. The van der Waals surface area contributed by atoms with Gasteiger partial charge in [0.1, 0.15) is 0 Å². The first kappa shape index (κ1) is 42.5. The second-order valence-corrected chi connectivity index (χ2v) is 26.5. The predicted molar refractivity (Wildman–Crippen MR) is 230 cm³/mol. The zero-order valence-corrected chi connectivity index (χ0v) is 38.2. The number of nitrogens with zero attached hydrogens (tertiary/aromatic N) is 2. The Morgan fingerprint density at radius 2 is 0.863 bits per heavy atom. The molecule has 2 aliphatic rings. The highest BCUT2D eigenvalue weighted by Crippen LogP contribution is 2.63. The van der Waals surface area contributed by atoms with E-state index >= 15 is 0 Å². The lowest BCUT2D eigenvalue weighted by molar-refractivity contribution is -0.127. The van der Waals surface area contributed by atoms with Crippen molar-refractivity contribution in [2.24, 2.45) is 0 Å². The van der Waals surface area contributed by atoms with Gasteiger partial charge in [0.2, 0.25) is 5.91 Å². The first-order valence-corrected chi connectivity index (χ1v) is 23.0. The van der Waals surface area contributed by atoms with E-state index in [4.69, 9.17) is 0 Å². The summed E-state index contributed by atoms with van der Waals surface area (Å²) in [6.45, 7) is 46.4. The van der Waals surface area contributed by atoms with Crippen molar-refractivity contribution in [3.63, 3.8) is 0 Å². The molecule has 0 unspecified atom stereocenters. The van der Waals surface area contributed by atoms with E-state index in [2.05, 4.69) is 158 Å². The maximum absolute atomic E-state index is 12.8. The molecule has 286 valence electrons. The van der Waals surface area contributed by atoms with Crippen molar-refractivity contribution < 1.29 is 4.79 Å². The largest absolute Gasteiger partial charge is 0.343 e. The Morgan fingerprint density at radius 1 is 0.510 bits per heavy atom. The molecular weight excluding hydrogens is 658 g/mol. The summed E-state index contributed by atoms with van der Waals surface area (Å²) < 4.78 is 3.09. The van der Waals surface area contributed by atoms with E-state index in [0.717, 1.165) is 38.9 Å². The van der Waals surface area contributed by atoms with Crippen molar-refractivity contribution in [2.45, 2.75) is 183 Å². The highest BCUT2D eigenvalue weighted by molar-refractivity contribution is 7.78. The maximum atomic E-state index is 12.8. The predicted octanol–water partition coefficient (Wildman–Crippen LogP) is 11.9. The Hall–Kier alpha value is -1.27. The SMILES string of the molecule is CC(C)(C)c1cc(C(C)(C)C)c([P@]2CCC[P@@](c3c(C(C)(C)C)cc(C(C)(C)C)cc3C(C)(C)C)N2CCCN2CCCC2=O)c(C(C)(C)C)c1. The Morgan fingerprint density at radius 3 is 1.14 bits per heavy atom. The first-order valence-electron chi connectivity index (χ1n) is 20.0. The van der Waals surface area contributed by atoms with Crippen LogP contribution >= 0.6 is 16.1 Å². The van der Waals surface area contributed by atoms with Gasteiger partial charge in [0.25, 0.3) is 0 Å². The molecule has 2 fully saturated rings. The molecule has 2 saturated heterocycles. The van der Waals surface area contributed by atoms with E-state index in [1.54, 1.807) is 32.9 Å². The maximum Gasteiger partial charge on any atom is 0.222 e. The molecule has 3 nitrogen and oxygen atoms in total. The molecule has 5 heteroatoms. The number of carbonyl (C=O) groups is 1. The second-order valence-electron chi connectivity index (χ2n) is 21.9. The molecule has 2 heterocycles. The third-order valence-corrected chi connectivity index (χ3v) is 17.2. The van der Waals surface area contributed by atoms with Crippen LogP contribution in [0.25, 0.3) is 0 Å². The van der Waals surface area contributed by atoms with Crippen molar-refractivity contribution in [2.75, 3.05) is 32.0 Å². The number of carbonyl (C=O) groups excluding carboxylic acids is 1. The van der Waals surface area contributed by atoms with E-state index in [1.165, 1.54) is 29.9 Å². The third-order valence-electron chi connectivity index (χ3n) is 11.0. The van der Waals surface area contributed by atoms with Crippen LogP contribution < -0.4 is 10.6 Å². The summed E-state index contributed by atoms with van der Waals surface area (Å²) in [6.07, 6.45) is 6.52. The minimum absolute atomic E-state index is 0.0221. The normalized spacial score (nSPS) is 20.4.